The summed E-state index contributed by atoms with van der Waals surface area (Å²) in [5.41, 5.74) is 1.11. The molecule has 0 amide bonds. The van der Waals surface area contributed by atoms with Gasteiger partial charge in [-0.25, -0.2) is 4.98 Å². The normalized spacial score (nSPS) is 22.4. The lowest BCUT2D eigenvalue weighted by molar-refractivity contribution is 0.398. The average Bonchev–Trinajstić information content (AvgIpc) is 3.38. The van der Waals surface area contributed by atoms with Crippen molar-refractivity contribution >= 4 is 16.7 Å². The molecule has 0 bridgehead atoms. The minimum absolute atomic E-state index is 0.632. The minimum Gasteiger partial charge on any atom is -0.352 e. The third-order valence-electron chi connectivity index (χ3n) is 4.70. The molecule has 4 rings (SSSR count). The predicted molar refractivity (Wildman–Crippen MR) is 87.8 cm³/mol. The first-order valence-corrected chi connectivity index (χ1v) is 8.26. The van der Waals surface area contributed by atoms with Crippen molar-refractivity contribution in [1.82, 2.24) is 10.3 Å². The molecule has 1 N–H and O–H groups in total. The lowest BCUT2D eigenvalue weighted by atomic mass is 10.0. The third-order valence-corrected chi connectivity index (χ3v) is 4.70. The van der Waals surface area contributed by atoms with E-state index in [-0.39, 0.29) is 0 Å². The minimum atomic E-state index is 0.632. The molecular formula is C18H23N3. The summed E-state index contributed by atoms with van der Waals surface area (Å²) in [6, 6.07) is 14.1. The van der Waals surface area contributed by atoms with Crippen LogP contribution in [0.3, 0.4) is 0 Å². The Bertz CT molecular complexity index is 615. The molecule has 3 heteroatoms. The average molecular weight is 281 g/mol. The van der Waals surface area contributed by atoms with Crippen molar-refractivity contribution in [1.29, 1.82) is 0 Å². The molecule has 1 aromatic carbocycles. The first-order valence-electron chi connectivity index (χ1n) is 8.26. The highest BCUT2D eigenvalue weighted by Gasteiger charge is 2.31. The van der Waals surface area contributed by atoms with Crippen LogP contribution in [0.15, 0.2) is 36.4 Å². The number of fused-ring (bicyclic) bond motifs is 1. The smallest absolute Gasteiger partial charge is 0.129 e. The van der Waals surface area contributed by atoms with Crippen molar-refractivity contribution in [3.63, 3.8) is 0 Å². The number of nitrogens with one attached hydrogen (secondary N) is 1. The van der Waals surface area contributed by atoms with E-state index < -0.39 is 0 Å². The molecule has 3 nitrogen and oxygen atoms in total. The van der Waals surface area contributed by atoms with Crippen molar-refractivity contribution in [3.8, 4) is 0 Å². The fraction of sp³-hybridized carbons (Fsp3) is 0.500. The van der Waals surface area contributed by atoms with Crippen LogP contribution >= 0.6 is 0 Å². The van der Waals surface area contributed by atoms with Crippen LogP contribution < -0.4 is 10.2 Å². The van der Waals surface area contributed by atoms with E-state index in [1.54, 1.807) is 0 Å². The van der Waals surface area contributed by atoms with Gasteiger partial charge in [0, 0.05) is 24.0 Å². The van der Waals surface area contributed by atoms with Crippen molar-refractivity contribution in [2.75, 3.05) is 18.0 Å². The van der Waals surface area contributed by atoms with E-state index in [1.807, 2.05) is 0 Å². The maximum atomic E-state index is 4.90. The van der Waals surface area contributed by atoms with E-state index >= 15 is 0 Å². The van der Waals surface area contributed by atoms with E-state index in [0.717, 1.165) is 17.9 Å². The van der Waals surface area contributed by atoms with Gasteiger partial charge in [0.2, 0.25) is 0 Å². The Hall–Kier alpha value is -1.61. The zero-order valence-corrected chi connectivity index (χ0v) is 12.5. The number of piperidine rings is 1. The molecule has 0 spiro atoms. The van der Waals surface area contributed by atoms with Gasteiger partial charge >= 0.3 is 0 Å². The van der Waals surface area contributed by atoms with Crippen LogP contribution in [0.2, 0.25) is 0 Å². The second-order valence-corrected chi connectivity index (χ2v) is 6.39. The van der Waals surface area contributed by atoms with Crippen LogP contribution in [0.4, 0.5) is 5.82 Å². The summed E-state index contributed by atoms with van der Waals surface area (Å²) >= 11 is 0. The fourth-order valence-corrected chi connectivity index (χ4v) is 3.35. The number of hydrogen-bond donors (Lipinski definition) is 1. The molecule has 1 aromatic heterocycles. The Kier molecular flexibility index (Phi) is 3.52. The Balaban J connectivity index is 1.59. The largest absolute Gasteiger partial charge is 0.352 e. The number of rotatable bonds is 4. The summed E-state index contributed by atoms with van der Waals surface area (Å²) in [6.07, 6.45) is 6.63. The van der Waals surface area contributed by atoms with Crippen LogP contribution in [0.5, 0.6) is 0 Å². The third kappa shape index (κ3) is 2.88. The molecule has 1 aliphatic heterocycles. The lowest BCUT2D eigenvalue weighted by Gasteiger charge is -2.31. The molecule has 0 radical (unpaired) electrons. The SMILES string of the molecule is c1ccc2nc(N(CC3CCCCN3)C3CC3)ccc2c1. The number of para-hydroxylation sites is 1. The Morgan fingerprint density at radius 3 is 2.76 bits per heavy atom. The first kappa shape index (κ1) is 13.1. The summed E-state index contributed by atoms with van der Waals surface area (Å²) in [5.74, 6) is 1.16. The molecule has 2 heterocycles. The summed E-state index contributed by atoms with van der Waals surface area (Å²) < 4.78 is 0. The van der Waals surface area contributed by atoms with Gasteiger partial charge in [0.1, 0.15) is 5.82 Å². The zero-order chi connectivity index (χ0) is 14.1. The van der Waals surface area contributed by atoms with Gasteiger partial charge in [0.05, 0.1) is 5.52 Å². The molecule has 1 saturated heterocycles. The molecular weight excluding hydrogens is 258 g/mol. The fourth-order valence-electron chi connectivity index (χ4n) is 3.35. The van der Waals surface area contributed by atoms with Gasteiger partial charge in [0.15, 0.2) is 0 Å². The summed E-state index contributed by atoms with van der Waals surface area (Å²) in [6.45, 7) is 2.28. The molecule has 21 heavy (non-hydrogen) atoms. The number of aromatic nitrogens is 1. The van der Waals surface area contributed by atoms with E-state index in [2.05, 4.69) is 46.6 Å². The van der Waals surface area contributed by atoms with Crippen LogP contribution in [0.25, 0.3) is 10.9 Å². The van der Waals surface area contributed by atoms with Crippen molar-refractivity contribution in [2.24, 2.45) is 0 Å². The second kappa shape index (κ2) is 5.64. The second-order valence-electron chi connectivity index (χ2n) is 6.39. The molecule has 110 valence electrons. The van der Waals surface area contributed by atoms with Gasteiger partial charge in [0.25, 0.3) is 0 Å². The highest BCUT2D eigenvalue weighted by molar-refractivity contribution is 5.80. The molecule has 2 fully saturated rings. The van der Waals surface area contributed by atoms with Gasteiger partial charge in [-0.05, 0) is 50.4 Å². The molecule has 1 unspecified atom stereocenters. The van der Waals surface area contributed by atoms with E-state index in [1.165, 1.54) is 44.0 Å². The standard InChI is InChI=1S/C18H23N3/c1-2-7-17-14(5-1)8-11-18(20-17)21(16-9-10-16)13-15-6-3-4-12-19-15/h1-2,5,7-8,11,15-16,19H,3-4,6,9-10,12-13H2. The molecule has 2 aromatic rings. The van der Waals surface area contributed by atoms with Gasteiger partial charge in [-0.3, -0.25) is 0 Å². The predicted octanol–water partition coefficient (Wildman–Crippen LogP) is 3.35. The monoisotopic (exact) mass is 281 g/mol. The van der Waals surface area contributed by atoms with Crippen LogP contribution in [0.1, 0.15) is 32.1 Å². The van der Waals surface area contributed by atoms with Crippen molar-refractivity contribution < 1.29 is 0 Å². The molecule has 1 atom stereocenters. The zero-order valence-electron chi connectivity index (χ0n) is 12.5. The molecule has 2 aliphatic rings. The maximum Gasteiger partial charge on any atom is 0.129 e. The van der Waals surface area contributed by atoms with Crippen molar-refractivity contribution in [2.45, 2.75) is 44.2 Å². The van der Waals surface area contributed by atoms with Gasteiger partial charge in [-0.2, -0.15) is 0 Å². The number of nitrogens with zero attached hydrogens (tertiary/aromatic N) is 2. The highest BCUT2D eigenvalue weighted by Crippen LogP contribution is 2.32. The van der Waals surface area contributed by atoms with Gasteiger partial charge in [-0.15, -0.1) is 0 Å². The van der Waals surface area contributed by atoms with Gasteiger partial charge in [-0.1, -0.05) is 24.6 Å². The van der Waals surface area contributed by atoms with Gasteiger partial charge < -0.3 is 10.2 Å². The van der Waals surface area contributed by atoms with Crippen molar-refractivity contribution in [3.05, 3.63) is 36.4 Å². The first-order chi connectivity index (χ1) is 10.4. The topological polar surface area (TPSA) is 28.2 Å². The summed E-state index contributed by atoms with van der Waals surface area (Å²) in [4.78, 5) is 7.44. The summed E-state index contributed by atoms with van der Waals surface area (Å²) in [7, 11) is 0. The maximum absolute atomic E-state index is 4.90. The Morgan fingerprint density at radius 1 is 1.05 bits per heavy atom. The lowest BCUT2D eigenvalue weighted by Crippen LogP contribution is -2.44. The molecule has 1 saturated carbocycles. The number of pyridine rings is 1. The van der Waals surface area contributed by atoms with Crippen LogP contribution in [0, 0.1) is 0 Å². The quantitative estimate of drug-likeness (QED) is 0.931. The van der Waals surface area contributed by atoms with Crippen LogP contribution in [-0.2, 0) is 0 Å². The van der Waals surface area contributed by atoms with Crippen LogP contribution in [-0.4, -0.2) is 30.2 Å². The Morgan fingerprint density at radius 2 is 1.95 bits per heavy atom. The summed E-state index contributed by atoms with van der Waals surface area (Å²) in [5, 5.41) is 4.90. The Labute approximate surface area is 126 Å². The highest BCUT2D eigenvalue weighted by atomic mass is 15.2. The number of benzene rings is 1. The number of hydrogen-bond acceptors (Lipinski definition) is 3. The van der Waals surface area contributed by atoms with E-state index in [4.69, 9.17) is 4.98 Å². The number of anilines is 1. The van der Waals surface area contributed by atoms with E-state index in [9.17, 15) is 0 Å². The van der Waals surface area contributed by atoms with E-state index in [0.29, 0.717) is 12.1 Å². The molecule has 1 aliphatic carbocycles.